The number of nitrogens with zero attached hydrogens (tertiary/aromatic N) is 2. The lowest BCUT2D eigenvalue weighted by atomic mass is 10.1. The molecule has 16 heavy (non-hydrogen) atoms. The molecular formula is C13H16N2S. The lowest BCUT2D eigenvalue weighted by Gasteiger charge is -1.98. The van der Waals surface area contributed by atoms with Gasteiger partial charge in [-0.15, -0.1) is 0 Å². The van der Waals surface area contributed by atoms with Gasteiger partial charge in [0.25, 0.3) is 0 Å². The van der Waals surface area contributed by atoms with Gasteiger partial charge < -0.3 is 0 Å². The molecule has 0 amide bonds. The Morgan fingerprint density at radius 1 is 1.25 bits per heavy atom. The number of rotatable bonds is 3. The first-order chi connectivity index (χ1) is 7.74. The van der Waals surface area contributed by atoms with Gasteiger partial charge in [0.2, 0.25) is 0 Å². The van der Waals surface area contributed by atoms with Crippen molar-refractivity contribution in [2.24, 2.45) is 7.05 Å². The van der Waals surface area contributed by atoms with Gasteiger partial charge >= 0.3 is 0 Å². The number of aromatic nitrogens is 2. The van der Waals surface area contributed by atoms with Gasteiger partial charge in [-0.3, -0.25) is 4.68 Å². The second kappa shape index (κ2) is 4.74. The minimum atomic E-state index is 0.780. The summed E-state index contributed by atoms with van der Waals surface area (Å²) in [6.07, 6.45) is 1.01. The van der Waals surface area contributed by atoms with Crippen molar-refractivity contribution in [2.45, 2.75) is 19.1 Å². The molecule has 2 nitrogen and oxygen atoms in total. The molecule has 2 aromatic rings. The van der Waals surface area contributed by atoms with E-state index in [1.165, 1.54) is 16.8 Å². The summed E-state index contributed by atoms with van der Waals surface area (Å²) >= 11 is 4.25. The van der Waals surface area contributed by atoms with Crippen molar-refractivity contribution >= 4 is 12.6 Å². The molecule has 0 radical (unpaired) electrons. The second-order valence-corrected chi connectivity index (χ2v) is 4.17. The molecule has 2 rings (SSSR count). The molecule has 0 N–H and O–H groups in total. The van der Waals surface area contributed by atoms with Crippen LogP contribution in [0.2, 0.25) is 0 Å². The van der Waals surface area contributed by atoms with Gasteiger partial charge in [0.15, 0.2) is 0 Å². The maximum absolute atomic E-state index is 4.50. The third-order valence-electron chi connectivity index (χ3n) is 2.77. The lowest BCUT2D eigenvalue weighted by Crippen LogP contribution is -1.95. The van der Waals surface area contributed by atoms with E-state index in [0.717, 1.165) is 17.9 Å². The zero-order valence-electron chi connectivity index (χ0n) is 9.64. The van der Waals surface area contributed by atoms with E-state index in [9.17, 15) is 0 Å². The largest absolute Gasteiger partial charge is 0.272 e. The summed E-state index contributed by atoms with van der Waals surface area (Å²) in [6, 6.07) is 10.6. The SMILES string of the molecule is CCc1cc(-c2ccc(CS)cc2)nn1C. The first kappa shape index (κ1) is 11.3. The van der Waals surface area contributed by atoms with Gasteiger partial charge in [-0.1, -0.05) is 31.2 Å². The average Bonchev–Trinajstić information content (AvgIpc) is 2.71. The molecular weight excluding hydrogens is 216 g/mol. The van der Waals surface area contributed by atoms with Crippen LogP contribution in [0, 0.1) is 0 Å². The maximum Gasteiger partial charge on any atom is 0.0925 e. The summed E-state index contributed by atoms with van der Waals surface area (Å²) in [7, 11) is 1.99. The topological polar surface area (TPSA) is 17.8 Å². The molecule has 0 aliphatic heterocycles. The average molecular weight is 232 g/mol. The highest BCUT2D eigenvalue weighted by molar-refractivity contribution is 7.79. The van der Waals surface area contributed by atoms with Gasteiger partial charge in [0.05, 0.1) is 5.69 Å². The first-order valence-electron chi connectivity index (χ1n) is 5.47. The van der Waals surface area contributed by atoms with Crippen LogP contribution < -0.4 is 0 Å². The van der Waals surface area contributed by atoms with Crippen LogP contribution in [0.5, 0.6) is 0 Å². The first-order valence-corrected chi connectivity index (χ1v) is 6.11. The Kier molecular flexibility index (Phi) is 3.34. The van der Waals surface area contributed by atoms with E-state index in [1.807, 2.05) is 11.7 Å². The summed E-state index contributed by atoms with van der Waals surface area (Å²) in [6.45, 7) is 2.14. The van der Waals surface area contributed by atoms with E-state index in [4.69, 9.17) is 0 Å². The van der Waals surface area contributed by atoms with Crippen LogP contribution >= 0.6 is 12.6 Å². The summed E-state index contributed by atoms with van der Waals surface area (Å²) in [4.78, 5) is 0. The minimum absolute atomic E-state index is 0.780. The summed E-state index contributed by atoms with van der Waals surface area (Å²) in [5.74, 6) is 0.780. The Morgan fingerprint density at radius 3 is 2.44 bits per heavy atom. The van der Waals surface area contributed by atoms with E-state index in [2.05, 4.69) is 55.0 Å². The third kappa shape index (κ3) is 2.14. The van der Waals surface area contributed by atoms with E-state index >= 15 is 0 Å². The number of benzene rings is 1. The van der Waals surface area contributed by atoms with Gasteiger partial charge in [-0.25, -0.2) is 0 Å². The van der Waals surface area contributed by atoms with Crippen LogP contribution in [0.25, 0.3) is 11.3 Å². The smallest absolute Gasteiger partial charge is 0.0925 e. The van der Waals surface area contributed by atoms with Crippen molar-refractivity contribution in [1.82, 2.24) is 9.78 Å². The van der Waals surface area contributed by atoms with Gasteiger partial charge in [-0.05, 0) is 18.1 Å². The number of aryl methyl sites for hydroxylation is 2. The van der Waals surface area contributed by atoms with Gasteiger partial charge in [0.1, 0.15) is 0 Å². The molecule has 0 bridgehead atoms. The van der Waals surface area contributed by atoms with E-state index in [1.54, 1.807) is 0 Å². The van der Waals surface area contributed by atoms with Crippen molar-refractivity contribution in [2.75, 3.05) is 0 Å². The van der Waals surface area contributed by atoms with Crippen LogP contribution in [0.4, 0.5) is 0 Å². The molecule has 84 valence electrons. The third-order valence-corrected chi connectivity index (χ3v) is 3.14. The highest BCUT2D eigenvalue weighted by Gasteiger charge is 2.05. The number of hydrogen-bond acceptors (Lipinski definition) is 2. The van der Waals surface area contributed by atoms with Gasteiger partial charge in [0, 0.05) is 24.1 Å². The molecule has 0 aliphatic rings. The molecule has 0 aliphatic carbocycles. The molecule has 1 aromatic heterocycles. The van der Waals surface area contributed by atoms with E-state index < -0.39 is 0 Å². The highest BCUT2D eigenvalue weighted by Crippen LogP contribution is 2.20. The molecule has 1 heterocycles. The summed E-state index contributed by atoms with van der Waals surface area (Å²) in [5, 5.41) is 4.50. The molecule has 0 spiro atoms. The fraction of sp³-hybridized carbons (Fsp3) is 0.308. The predicted octanol–water partition coefficient (Wildman–Crippen LogP) is 3.08. The molecule has 0 saturated heterocycles. The second-order valence-electron chi connectivity index (χ2n) is 3.85. The molecule has 1 aromatic carbocycles. The zero-order valence-corrected chi connectivity index (χ0v) is 10.5. The number of thiol groups is 1. The Bertz CT molecular complexity index is 471. The fourth-order valence-electron chi connectivity index (χ4n) is 1.76. The van der Waals surface area contributed by atoms with Crippen LogP contribution in [-0.4, -0.2) is 9.78 Å². The Labute approximate surface area is 102 Å². The van der Waals surface area contributed by atoms with Crippen molar-refractivity contribution in [3.8, 4) is 11.3 Å². The minimum Gasteiger partial charge on any atom is -0.272 e. The summed E-state index contributed by atoms with van der Waals surface area (Å²) < 4.78 is 1.95. The molecule has 0 atom stereocenters. The standard InChI is InChI=1S/C13H16N2S/c1-3-12-8-13(14-15(12)2)11-6-4-10(9-16)5-7-11/h4-8,16H,3,9H2,1-2H3. The van der Waals surface area contributed by atoms with Crippen molar-refractivity contribution in [3.05, 3.63) is 41.6 Å². The molecule has 3 heteroatoms. The Balaban J connectivity index is 2.34. The van der Waals surface area contributed by atoms with Crippen LogP contribution in [0.1, 0.15) is 18.2 Å². The van der Waals surface area contributed by atoms with Crippen molar-refractivity contribution < 1.29 is 0 Å². The van der Waals surface area contributed by atoms with Crippen molar-refractivity contribution in [3.63, 3.8) is 0 Å². The quantitative estimate of drug-likeness (QED) is 0.805. The monoisotopic (exact) mass is 232 g/mol. The zero-order chi connectivity index (χ0) is 11.5. The van der Waals surface area contributed by atoms with E-state index in [-0.39, 0.29) is 0 Å². The molecule has 0 saturated carbocycles. The Morgan fingerprint density at radius 2 is 1.94 bits per heavy atom. The lowest BCUT2D eigenvalue weighted by molar-refractivity contribution is 0.720. The molecule has 0 unspecified atom stereocenters. The Hall–Kier alpha value is -1.22. The number of hydrogen-bond donors (Lipinski definition) is 1. The van der Waals surface area contributed by atoms with Gasteiger partial charge in [-0.2, -0.15) is 17.7 Å². The van der Waals surface area contributed by atoms with Crippen LogP contribution in [-0.2, 0) is 19.2 Å². The predicted molar refractivity (Wildman–Crippen MR) is 70.7 cm³/mol. The fourth-order valence-corrected chi connectivity index (χ4v) is 1.97. The maximum atomic E-state index is 4.50. The summed E-state index contributed by atoms with van der Waals surface area (Å²) in [5.41, 5.74) is 4.71. The molecule has 0 fully saturated rings. The van der Waals surface area contributed by atoms with Crippen LogP contribution in [0.3, 0.4) is 0 Å². The highest BCUT2D eigenvalue weighted by atomic mass is 32.1. The van der Waals surface area contributed by atoms with E-state index in [0.29, 0.717) is 0 Å². The van der Waals surface area contributed by atoms with Crippen molar-refractivity contribution in [1.29, 1.82) is 0 Å². The van der Waals surface area contributed by atoms with Crippen LogP contribution in [0.15, 0.2) is 30.3 Å². The normalized spacial score (nSPS) is 10.7.